The molecule has 0 saturated carbocycles. The molecule has 5 rings (SSSR count). The van der Waals surface area contributed by atoms with Gasteiger partial charge in [-0.1, -0.05) is 49.4 Å². The number of para-hydroxylation sites is 2. The number of rotatable bonds is 3. The zero-order chi connectivity index (χ0) is 22.2. The lowest BCUT2D eigenvalue weighted by atomic mass is 9.78. The number of halogens is 2. The zero-order valence-electron chi connectivity index (χ0n) is 17.8. The van der Waals surface area contributed by atoms with Gasteiger partial charge in [0.1, 0.15) is 5.82 Å². The van der Waals surface area contributed by atoms with Crippen LogP contribution >= 0.6 is 15.9 Å². The van der Waals surface area contributed by atoms with Crippen molar-refractivity contribution >= 4 is 33.1 Å². The van der Waals surface area contributed by atoms with Gasteiger partial charge < -0.3 is 10.6 Å². The molecule has 2 atom stereocenters. The second-order valence-electron chi connectivity index (χ2n) is 8.44. The second-order valence-corrected chi connectivity index (χ2v) is 9.29. The number of benzene rings is 3. The van der Waals surface area contributed by atoms with Crippen molar-refractivity contribution in [1.82, 2.24) is 0 Å². The molecule has 2 N–H and O–H groups in total. The normalized spacial score (nSPS) is 20.0. The first-order chi connectivity index (χ1) is 15.5. The Hall–Kier alpha value is -2.92. The van der Waals surface area contributed by atoms with Gasteiger partial charge in [-0.25, -0.2) is 4.39 Å². The number of Topliss-reactive ketones (excluding diaryl/α,β-unsaturated/α-hetero) is 1. The van der Waals surface area contributed by atoms with E-state index in [1.165, 1.54) is 17.2 Å². The molecule has 5 heteroatoms. The van der Waals surface area contributed by atoms with Crippen LogP contribution in [0.25, 0.3) is 0 Å². The Balaban J connectivity index is 1.59. The van der Waals surface area contributed by atoms with Crippen molar-refractivity contribution in [3.63, 3.8) is 0 Å². The molecule has 3 aromatic rings. The Labute approximate surface area is 195 Å². The summed E-state index contributed by atoms with van der Waals surface area (Å²) in [5.74, 6) is -0.0692. The largest absolute Gasteiger partial charge is 0.372 e. The van der Waals surface area contributed by atoms with Crippen LogP contribution in [0.5, 0.6) is 0 Å². The Morgan fingerprint density at radius 2 is 1.69 bits per heavy atom. The monoisotopic (exact) mass is 490 g/mol. The number of carbonyl (C=O) groups excluding carboxylic acids is 1. The molecule has 3 nitrogen and oxygen atoms in total. The van der Waals surface area contributed by atoms with E-state index in [0.29, 0.717) is 10.9 Å². The van der Waals surface area contributed by atoms with Crippen LogP contribution in [-0.2, 0) is 11.2 Å². The van der Waals surface area contributed by atoms with Crippen LogP contribution in [-0.4, -0.2) is 5.78 Å². The third-order valence-electron chi connectivity index (χ3n) is 6.45. The van der Waals surface area contributed by atoms with Gasteiger partial charge in [-0.2, -0.15) is 0 Å². The molecule has 0 bridgehead atoms. The Bertz CT molecular complexity index is 1220. The van der Waals surface area contributed by atoms with Crippen LogP contribution in [0.3, 0.4) is 0 Å². The van der Waals surface area contributed by atoms with Crippen LogP contribution < -0.4 is 10.6 Å². The molecule has 0 saturated heterocycles. The molecule has 2 unspecified atom stereocenters. The lowest BCUT2D eigenvalue weighted by Crippen LogP contribution is -2.27. The van der Waals surface area contributed by atoms with E-state index in [9.17, 15) is 9.18 Å². The smallest absolute Gasteiger partial charge is 0.163 e. The van der Waals surface area contributed by atoms with Crippen molar-refractivity contribution in [3.8, 4) is 0 Å². The number of nitrogens with one attached hydrogen (secondary N) is 2. The number of carbonyl (C=O) groups is 1. The number of aryl methyl sites for hydroxylation is 1. The summed E-state index contributed by atoms with van der Waals surface area (Å²) in [7, 11) is 0. The number of hydrogen-bond donors (Lipinski definition) is 2. The van der Waals surface area contributed by atoms with Gasteiger partial charge in [-0.05, 0) is 75.6 Å². The second kappa shape index (κ2) is 8.55. The molecule has 0 radical (unpaired) electrons. The molecule has 0 amide bonds. The molecule has 0 aromatic heterocycles. The minimum absolute atomic E-state index is 0.120. The maximum atomic E-state index is 13.9. The minimum atomic E-state index is -0.353. The average molecular weight is 491 g/mol. The fourth-order valence-corrected chi connectivity index (χ4v) is 5.09. The van der Waals surface area contributed by atoms with E-state index >= 15 is 0 Å². The highest BCUT2D eigenvalue weighted by Crippen LogP contribution is 2.44. The van der Waals surface area contributed by atoms with E-state index in [4.69, 9.17) is 0 Å². The summed E-state index contributed by atoms with van der Waals surface area (Å²) >= 11 is 3.30. The van der Waals surface area contributed by atoms with Gasteiger partial charge >= 0.3 is 0 Å². The summed E-state index contributed by atoms with van der Waals surface area (Å²) < 4.78 is 14.3. The first kappa shape index (κ1) is 21.0. The summed E-state index contributed by atoms with van der Waals surface area (Å²) in [6.07, 6.45) is 2.21. The van der Waals surface area contributed by atoms with Crippen molar-refractivity contribution in [3.05, 3.63) is 105 Å². The molecular weight excluding hydrogens is 467 g/mol. The highest BCUT2D eigenvalue weighted by Gasteiger charge is 2.36. The zero-order valence-corrected chi connectivity index (χ0v) is 19.4. The summed E-state index contributed by atoms with van der Waals surface area (Å²) in [4.78, 5) is 13.6. The maximum Gasteiger partial charge on any atom is 0.163 e. The number of anilines is 2. The lowest BCUT2D eigenvalue weighted by molar-refractivity contribution is -0.116. The molecule has 2 aliphatic rings. The van der Waals surface area contributed by atoms with Crippen molar-refractivity contribution in [1.29, 1.82) is 0 Å². The fourth-order valence-electron chi connectivity index (χ4n) is 4.70. The van der Waals surface area contributed by atoms with Gasteiger partial charge in [-0.3, -0.25) is 4.79 Å². The van der Waals surface area contributed by atoms with E-state index < -0.39 is 0 Å². The number of allylic oxidation sites excluding steroid dienone is 1. The van der Waals surface area contributed by atoms with Gasteiger partial charge in [0.05, 0.1) is 21.9 Å². The first-order valence-electron chi connectivity index (χ1n) is 11.0. The maximum absolute atomic E-state index is 13.9. The lowest BCUT2D eigenvalue weighted by Gasteiger charge is -2.30. The fraction of sp³-hybridized carbons (Fsp3) is 0.222. The number of ketones is 1. The van der Waals surface area contributed by atoms with Crippen molar-refractivity contribution in [2.45, 2.75) is 38.1 Å². The van der Waals surface area contributed by atoms with Gasteiger partial charge in [0.25, 0.3) is 0 Å². The van der Waals surface area contributed by atoms with Crippen LogP contribution in [0.1, 0.15) is 48.4 Å². The molecular formula is C27H24BrFN2O. The molecule has 0 fully saturated rings. The van der Waals surface area contributed by atoms with E-state index in [-0.39, 0.29) is 23.6 Å². The molecule has 0 spiro atoms. The van der Waals surface area contributed by atoms with Crippen molar-refractivity contribution in [2.24, 2.45) is 0 Å². The minimum Gasteiger partial charge on any atom is -0.372 e. The standard InChI is InChI=1S/C27H24BrFN2O/c1-2-16-7-9-17(10-8-16)19-14-24-26(25(32)15-19)27(18-11-12-21(29)20(28)13-18)31-23-6-4-3-5-22(23)30-24/h3-13,19,27,30-31H,2,14-15H2,1H3. The summed E-state index contributed by atoms with van der Waals surface area (Å²) in [6, 6.07) is 21.2. The molecule has 162 valence electrons. The highest BCUT2D eigenvalue weighted by molar-refractivity contribution is 9.10. The van der Waals surface area contributed by atoms with Gasteiger partial charge in [0, 0.05) is 17.7 Å². The predicted octanol–water partition coefficient (Wildman–Crippen LogP) is 7.13. The molecule has 32 heavy (non-hydrogen) atoms. The Morgan fingerprint density at radius 3 is 2.41 bits per heavy atom. The van der Waals surface area contributed by atoms with E-state index in [2.05, 4.69) is 57.8 Å². The predicted molar refractivity (Wildman–Crippen MR) is 130 cm³/mol. The van der Waals surface area contributed by atoms with E-state index in [1.807, 2.05) is 24.3 Å². The van der Waals surface area contributed by atoms with E-state index in [1.54, 1.807) is 12.1 Å². The molecule has 1 aliphatic carbocycles. The quantitative estimate of drug-likeness (QED) is 0.410. The highest BCUT2D eigenvalue weighted by atomic mass is 79.9. The van der Waals surface area contributed by atoms with Gasteiger partial charge in [0.15, 0.2) is 5.78 Å². The summed E-state index contributed by atoms with van der Waals surface area (Å²) in [6.45, 7) is 2.14. The van der Waals surface area contributed by atoms with Gasteiger partial charge in [0.2, 0.25) is 0 Å². The summed E-state index contributed by atoms with van der Waals surface area (Å²) in [5.41, 5.74) is 6.87. The topological polar surface area (TPSA) is 41.1 Å². The third-order valence-corrected chi connectivity index (χ3v) is 7.05. The van der Waals surface area contributed by atoms with Gasteiger partial charge in [-0.15, -0.1) is 0 Å². The number of hydrogen-bond acceptors (Lipinski definition) is 3. The molecule has 1 heterocycles. The Kier molecular flexibility index (Phi) is 5.60. The summed E-state index contributed by atoms with van der Waals surface area (Å²) in [5, 5.41) is 7.09. The third kappa shape index (κ3) is 3.86. The van der Waals surface area contributed by atoms with Crippen LogP contribution in [0.4, 0.5) is 15.8 Å². The number of fused-ring (bicyclic) bond motifs is 1. The SMILES string of the molecule is CCc1ccc(C2CC(=O)C3=C(C2)Nc2ccccc2NC3c2ccc(F)c(Br)c2)cc1. The van der Waals surface area contributed by atoms with Crippen molar-refractivity contribution < 1.29 is 9.18 Å². The van der Waals surface area contributed by atoms with E-state index in [0.717, 1.165) is 41.1 Å². The van der Waals surface area contributed by atoms with Crippen LogP contribution in [0, 0.1) is 5.82 Å². The molecule has 3 aromatic carbocycles. The molecule has 1 aliphatic heterocycles. The Morgan fingerprint density at radius 1 is 0.969 bits per heavy atom. The van der Waals surface area contributed by atoms with Crippen molar-refractivity contribution in [2.75, 3.05) is 10.6 Å². The average Bonchev–Trinajstić information content (AvgIpc) is 2.98. The van der Waals surface area contributed by atoms with Crippen LogP contribution in [0.15, 0.2) is 82.5 Å². The van der Waals surface area contributed by atoms with Crippen LogP contribution in [0.2, 0.25) is 0 Å². The first-order valence-corrected chi connectivity index (χ1v) is 11.8.